The topological polar surface area (TPSA) is 22.4 Å². The third-order valence-corrected chi connectivity index (χ3v) is 3.72. The predicted octanol–water partition coefficient (Wildman–Crippen LogP) is 4.81. The Labute approximate surface area is 119 Å². The Morgan fingerprint density at radius 3 is 2.28 bits per heavy atom. The first-order chi connectivity index (χ1) is 8.52. The average Bonchev–Trinajstić information content (AvgIpc) is 2.74. The molecule has 6 heteroatoms. The molecule has 2 aromatic rings. The van der Waals surface area contributed by atoms with Crippen LogP contribution in [-0.4, -0.2) is 7.11 Å². The highest BCUT2D eigenvalue weighted by atomic mass is 79.9. The van der Waals surface area contributed by atoms with Crippen molar-refractivity contribution in [3.05, 3.63) is 51.9 Å². The van der Waals surface area contributed by atoms with E-state index in [1.54, 1.807) is 12.1 Å². The van der Waals surface area contributed by atoms with Crippen molar-refractivity contribution in [1.29, 1.82) is 0 Å². The van der Waals surface area contributed by atoms with Gasteiger partial charge in [-0.15, -0.1) is 0 Å². The molecule has 1 heterocycles. The number of halogens is 4. The smallest absolute Gasteiger partial charge is 0.169 e. The number of hydrogen-bond donors (Lipinski definition) is 0. The molecule has 96 valence electrons. The van der Waals surface area contributed by atoms with Gasteiger partial charge < -0.3 is 9.15 Å². The fourth-order valence-electron chi connectivity index (χ4n) is 1.53. The van der Waals surface area contributed by atoms with Crippen LogP contribution in [0.2, 0.25) is 0 Å². The van der Waals surface area contributed by atoms with E-state index in [9.17, 15) is 8.78 Å². The van der Waals surface area contributed by atoms with Crippen LogP contribution in [0.1, 0.15) is 16.2 Å². The number of rotatable bonds is 3. The van der Waals surface area contributed by atoms with Crippen molar-refractivity contribution in [2.75, 3.05) is 7.11 Å². The molecule has 0 fully saturated rings. The van der Waals surface area contributed by atoms with E-state index >= 15 is 0 Å². The summed E-state index contributed by atoms with van der Waals surface area (Å²) in [6.07, 6.45) is 0. The van der Waals surface area contributed by atoms with Crippen LogP contribution in [0.25, 0.3) is 0 Å². The lowest BCUT2D eigenvalue weighted by Crippen LogP contribution is -2.01. The van der Waals surface area contributed by atoms with Crippen molar-refractivity contribution in [2.24, 2.45) is 0 Å². The Bertz CT molecular complexity index is 546. The van der Waals surface area contributed by atoms with Gasteiger partial charge in [0.25, 0.3) is 0 Å². The second kappa shape index (κ2) is 5.40. The van der Waals surface area contributed by atoms with E-state index < -0.39 is 16.5 Å². The molecule has 18 heavy (non-hydrogen) atoms. The van der Waals surface area contributed by atoms with Crippen LogP contribution in [0, 0.1) is 11.6 Å². The first-order valence-corrected chi connectivity index (χ1v) is 6.66. The van der Waals surface area contributed by atoms with E-state index in [0.29, 0.717) is 10.4 Å². The molecule has 0 N–H and O–H groups in total. The Balaban J connectivity index is 2.44. The van der Waals surface area contributed by atoms with Gasteiger partial charge in [-0.25, -0.2) is 8.78 Å². The average molecular weight is 382 g/mol. The van der Waals surface area contributed by atoms with Gasteiger partial charge >= 0.3 is 0 Å². The lowest BCUT2D eigenvalue weighted by atomic mass is 10.1. The van der Waals surface area contributed by atoms with Crippen LogP contribution in [0.5, 0.6) is 5.75 Å². The SMILES string of the molecule is COc1cc(F)c(C(Br)c2ccc(Br)o2)c(F)c1. The molecule has 1 aromatic carbocycles. The quantitative estimate of drug-likeness (QED) is 0.711. The van der Waals surface area contributed by atoms with Crippen molar-refractivity contribution in [3.8, 4) is 5.75 Å². The van der Waals surface area contributed by atoms with Crippen molar-refractivity contribution in [2.45, 2.75) is 4.83 Å². The summed E-state index contributed by atoms with van der Waals surface area (Å²) in [4.78, 5) is -0.699. The Morgan fingerprint density at radius 1 is 1.22 bits per heavy atom. The summed E-state index contributed by atoms with van der Waals surface area (Å²) < 4.78 is 38.2. The number of benzene rings is 1. The number of methoxy groups -OCH3 is 1. The molecule has 1 atom stereocenters. The maximum atomic E-state index is 13.8. The van der Waals surface area contributed by atoms with Crippen LogP contribution in [-0.2, 0) is 0 Å². The van der Waals surface area contributed by atoms with Crippen LogP contribution < -0.4 is 4.74 Å². The lowest BCUT2D eigenvalue weighted by molar-refractivity contribution is 0.404. The van der Waals surface area contributed by atoms with Crippen LogP contribution in [0.4, 0.5) is 8.78 Å². The van der Waals surface area contributed by atoms with Crippen LogP contribution >= 0.6 is 31.9 Å². The molecule has 0 radical (unpaired) electrons. The van der Waals surface area contributed by atoms with Gasteiger partial charge in [-0.05, 0) is 28.1 Å². The zero-order chi connectivity index (χ0) is 13.3. The second-order valence-corrected chi connectivity index (χ2v) is 5.21. The molecule has 0 aliphatic heterocycles. The van der Waals surface area contributed by atoms with Gasteiger partial charge in [0.15, 0.2) is 4.67 Å². The molecule has 0 amide bonds. The van der Waals surface area contributed by atoms with Crippen LogP contribution in [0.3, 0.4) is 0 Å². The van der Waals surface area contributed by atoms with Gasteiger partial charge in [-0.1, -0.05) is 15.9 Å². The molecule has 0 spiro atoms. The van der Waals surface area contributed by atoms with E-state index in [4.69, 9.17) is 9.15 Å². The molecule has 2 nitrogen and oxygen atoms in total. The molecule has 0 saturated heterocycles. The van der Waals surface area contributed by atoms with E-state index in [1.807, 2.05) is 0 Å². The molecule has 0 saturated carbocycles. The molecule has 0 bridgehead atoms. The standard InChI is InChI=1S/C12H8Br2F2O2/c1-17-6-4-7(15)11(8(16)5-6)12(14)9-2-3-10(13)18-9/h2-5,12H,1H3. The zero-order valence-corrected chi connectivity index (χ0v) is 12.4. The van der Waals surface area contributed by atoms with Crippen molar-refractivity contribution < 1.29 is 17.9 Å². The molecular formula is C12H8Br2F2O2. The number of alkyl halides is 1. The molecule has 1 unspecified atom stereocenters. The fourth-order valence-corrected chi connectivity index (χ4v) is 2.53. The lowest BCUT2D eigenvalue weighted by Gasteiger charge is -2.11. The van der Waals surface area contributed by atoms with Gasteiger partial charge in [0.1, 0.15) is 28.0 Å². The number of ether oxygens (including phenoxy) is 1. The van der Waals surface area contributed by atoms with Gasteiger partial charge in [-0.3, -0.25) is 0 Å². The predicted molar refractivity (Wildman–Crippen MR) is 70.1 cm³/mol. The monoisotopic (exact) mass is 380 g/mol. The van der Waals surface area contributed by atoms with Crippen LogP contribution in [0.15, 0.2) is 33.4 Å². The maximum Gasteiger partial charge on any atom is 0.169 e. The van der Waals surface area contributed by atoms with E-state index in [1.165, 1.54) is 7.11 Å². The molecular weight excluding hydrogens is 374 g/mol. The van der Waals surface area contributed by atoms with E-state index in [0.717, 1.165) is 12.1 Å². The first-order valence-electron chi connectivity index (χ1n) is 4.95. The molecule has 2 rings (SSSR count). The number of hydrogen-bond acceptors (Lipinski definition) is 2. The highest BCUT2D eigenvalue weighted by molar-refractivity contribution is 9.10. The van der Waals surface area contributed by atoms with Crippen molar-refractivity contribution in [3.63, 3.8) is 0 Å². The normalized spacial score (nSPS) is 12.5. The minimum Gasteiger partial charge on any atom is -0.497 e. The summed E-state index contributed by atoms with van der Waals surface area (Å²) in [6.45, 7) is 0. The summed E-state index contributed by atoms with van der Waals surface area (Å²) in [5, 5.41) is 0. The Morgan fingerprint density at radius 2 is 1.83 bits per heavy atom. The Hall–Kier alpha value is -0.880. The highest BCUT2D eigenvalue weighted by Crippen LogP contribution is 2.37. The van der Waals surface area contributed by atoms with Gasteiger partial charge in [-0.2, -0.15) is 0 Å². The summed E-state index contributed by atoms with van der Waals surface area (Å²) in [7, 11) is 1.35. The fraction of sp³-hybridized carbons (Fsp3) is 0.167. The largest absolute Gasteiger partial charge is 0.497 e. The summed E-state index contributed by atoms with van der Waals surface area (Å²) in [6, 6.07) is 5.55. The Kier molecular flexibility index (Phi) is 4.07. The highest BCUT2D eigenvalue weighted by Gasteiger charge is 2.23. The van der Waals surface area contributed by atoms with E-state index in [2.05, 4.69) is 31.9 Å². The molecule has 0 aliphatic rings. The van der Waals surface area contributed by atoms with Gasteiger partial charge in [0.2, 0.25) is 0 Å². The van der Waals surface area contributed by atoms with Gasteiger partial charge in [0, 0.05) is 17.7 Å². The van der Waals surface area contributed by atoms with Crippen molar-refractivity contribution in [1.82, 2.24) is 0 Å². The molecule has 0 aliphatic carbocycles. The third kappa shape index (κ3) is 2.59. The minimum absolute atomic E-state index is 0.113. The van der Waals surface area contributed by atoms with E-state index in [-0.39, 0.29) is 11.3 Å². The summed E-state index contributed by atoms with van der Waals surface area (Å²) in [5.41, 5.74) is -0.113. The maximum absolute atomic E-state index is 13.8. The minimum atomic E-state index is -0.699. The van der Waals surface area contributed by atoms with Crippen molar-refractivity contribution >= 4 is 31.9 Å². The first kappa shape index (κ1) is 13.5. The summed E-state index contributed by atoms with van der Waals surface area (Å²) in [5.74, 6) is -0.846. The zero-order valence-electron chi connectivity index (χ0n) is 9.22. The van der Waals surface area contributed by atoms with Gasteiger partial charge in [0.05, 0.1) is 7.11 Å². The number of furan rings is 1. The second-order valence-electron chi connectivity index (χ2n) is 3.51. The summed E-state index contributed by atoms with van der Waals surface area (Å²) >= 11 is 6.36. The third-order valence-electron chi connectivity index (χ3n) is 2.39. The molecule has 1 aromatic heterocycles.